The predicted molar refractivity (Wildman–Crippen MR) is 59.9 cm³/mol. The fraction of sp³-hybridized carbons (Fsp3) is 0.909. The van der Waals surface area contributed by atoms with Crippen molar-refractivity contribution in [1.82, 2.24) is 10.2 Å². The third kappa shape index (κ3) is 5.22. The van der Waals surface area contributed by atoms with Crippen molar-refractivity contribution in [2.75, 3.05) is 26.2 Å². The molecule has 1 amide bonds. The molecule has 0 spiro atoms. The number of aliphatic hydroxyl groups excluding tert-OH is 1. The summed E-state index contributed by atoms with van der Waals surface area (Å²) in [5.41, 5.74) is 0. The van der Waals surface area contributed by atoms with Crippen LogP contribution in [0.15, 0.2) is 0 Å². The zero-order valence-corrected chi connectivity index (χ0v) is 10.3. The molecule has 1 aliphatic heterocycles. The third-order valence-corrected chi connectivity index (χ3v) is 2.94. The monoisotopic (exact) mass is 268 g/mol. The molecule has 0 aromatic carbocycles. The summed E-state index contributed by atoms with van der Waals surface area (Å²) in [6.07, 6.45) is -3.04. The van der Waals surface area contributed by atoms with Crippen molar-refractivity contribution in [3.05, 3.63) is 0 Å². The zero-order valence-electron chi connectivity index (χ0n) is 10.3. The molecular weight excluding hydrogens is 249 g/mol. The van der Waals surface area contributed by atoms with Crippen LogP contribution in [0.3, 0.4) is 0 Å². The van der Waals surface area contributed by atoms with E-state index in [2.05, 4.69) is 5.32 Å². The quantitative estimate of drug-likeness (QED) is 0.791. The van der Waals surface area contributed by atoms with Gasteiger partial charge < -0.3 is 10.4 Å². The number of amides is 1. The Morgan fingerprint density at radius 3 is 2.78 bits per heavy atom. The molecule has 0 aromatic heterocycles. The second-order valence-corrected chi connectivity index (χ2v) is 4.78. The van der Waals surface area contributed by atoms with Gasteiger partial charge in [0.15, 0.2) is 0 Å². The lowest BCUT2D eigenvalue weighted by molar-refractivity contribution is -0.152. The summed E-state index contributed by atoms with van der Waals surface area (Å²) in [6, 6.07) is -0.365. The second-order valence-electron chi connectivity index (χ2n) is 4.78. The maximum Gasteiger partial charge on any atom is 0.401 e. The Hall–Kier alpha value is -0.820. The average Bonchev–Trinajstić information content (AvgIpc) is 2.26. The van der Waals surface area contributed by atoms with Crippen LogP contribution in [-0.4, -0.2) is 54.4 Å². The van der Waals surface area contributed by atoms with E-state index < -0.39 is 18.6 Å². The van der Waals surface area contributed by atoms with Gasteiger partial charge in [-0.05, 0) is 26.3 Å². The molecule has 18 heavy (non-hydrogen) atoms. The van der Waals surface area contributed by atoms with Crippen LogP contribution in [0.4, 0.5) is 13.2 Å². The molecule has 0 radical (unpaired) electrons. The fourth-order valence-electron chi connectivity index (χ4n) is 2.07. The highest BCUT2D eigenvalue weighted by Gasteiger charge is 2.34. The minimum atomic E-state index is -4.23. The third-order valence-electron chi connectivity index (χ3n) is 2.94. The Morgan fingerprint density at radius 2 is 2.22 bits per heavy atom. The van der Waals surface area contributed by atoms with Gasteiger partial charge in [0.1, 0.15) is 0 Å². The summed E-state index contributed by atoms with van der Waals surface area (Å²) in [4.78, 5) is 13.0. The molecule has 1 heterocycles. The number of halogens is 3. The summed E-state index contributed by atoms with van der Waals surface area (Å²) >= 11 is 0. The van der Waals surface area contributed by atoms with E-state index in [9.17, 15) is 18.0 Å². The van der Waals surface area contributed by atoms with E-state index in [1.165, 1.54) is 4.90 Å². The summed E-state index contributed by atoms with van der Waals surface area (Å²) < 4.78 is 36.8. The lowest BCUT2D eigenvalue weighted by Crippen LogP contribution is -2.48. The molecular formula is C11H19F3N2O2. The topological polar surface area (TPSA) is 52.6 Å². The Kier molecular flexibility index (Phi) is 5.40. The van der Waals surface area contributed by atoms with Crippen LogP contribution >= 0.6 is 0 Å². The van der Waals surface area contributed by atoms with Gasteiger partial charge in [0.2, 0.25) is 5.91 Å². The molecule has 1 saturated heterocycles. The van der Waals surface area contributed by atoms with E-state index in [-0.39, 0.29) is 25.1 Å². The summed E-state index contributed by atoms with van der Waals surface area (Å²) in [6.45, 7) is 1.01. The molecule has 2 atom stereocenters. The lowest BCUT2D eigenvalue weighted by atomic mass is 9.97. The minimum absolute atomic E-state index is 0.128. The van der Waals surface area contributed by atoms with E-state index in [1.807, 2.05) is 0 Å². The normalized spacial score (nSPS) is 23.7. The average molecular weight is 268 g/mol. The number of carbonyl (C=O) groups is 1. The zero-order chi connectivity index (χ0) is 13.8. The standard InChI is InChI=1S/C11H19F3N2O2/c1-8(6-17)15-10(18)9-3-2-4-16(5-9)7-11(12,13)14/h8-9,17H,2-7H2,1H3,(H,15,18). The predicted octanol–water partition coefficient (Wildman–Crippen LogP) is 0.758. The number of nitrogens with one attached hydrogen (secondary N) is 1. The Balaban J connectivity index is 2.45. The van der Waals surface area contributed by atoms with Crippen LogP contribution in [-0.2, 0) is 4.79 Å². The van der Waals surface area contributed by atoms with Gasteiger partial charge in [-0.25, -0.2) is 0 Å². The van der Waals surface area contributed by atoms with Crippen molar-refractivity contribution in [3.63, 3.8) is 0 Å². The molecule has 1 fully saturated rings. The number of carbonyl (C=O) groups excluding carboxylic acids is 1. The van der Waals surface area contributed by atoms with Crippen molar-refractivity contribution in [3.8, 4) is 0 Å². The molecule has 0 aromatic rings. The van der Waals surface area contributed by atoms with E-state index >= 15 is 0 Å². The first-order valence-electron chi connectivity index (χ1n) is 6.02. The van der Waals surface area contributed by atoms with Crippen LogP contribution in [0.1, 0.15) is 19.8 Å². The van der Waals surface area contributed by atoms with E-state index in [4.69, 9.17) is 5.11 Å². The van der Waals surface area contributed by atoms with Crippen LogP contribution in [0.25, 0.3) is 0 Å². The maximum atomic E-state index is 12.3. The van der Waals surface area contributed by atoms with Gasteiger partial charge in [0.05, 0.1) is 19.1 Å². The number of rotatable bonds is 4. The molecule has 7 heteroatoms. The highest BCUT2D eigenvalue weighted by atomic mass is 19.4. The van der Waals surface area contributed by atoms with Crippen molar-refractivity contribution in [1.29, 1.82) is 0 Å². The highest BCUT2D eigenvalue weighted by molar-refractivity contribution is 5.79. The fourth-order valence-corrected chi connectivity index (χ4v) is 2.07. The second kappa shape index (κ2) is 6.38. The first-order valence-corrected chi connectivity index (χ1v) is 6.02. The number of hydrogen-bond donors (Lipinski definition) is 2. The molecule has 2 N–H and O–H groups in total. The van der Waals surface area contributed by atoms with Crippen molar-refractivity contribution in [2.24, 2.45) is 5.92 Å². The molecule has 1 aliphatic rings. The van der Waals surface area contributed by atoms with Gasteiger partial charge in [-0.15, -0.1) is 0 Å². The van der Waals surface area contributed by atoms with Crippen molar-refractivity contribution < 1.29 is 23.1 Å². The number of hydrogen-bond acceptors (Lipinski definition) is 3. The molecule has 0 saturated carbocycles. The summed E-state index contributed by atoms with van der Waals surface area (Å²) in [5, 5.41) is 11.4. The van der Waals surface area contributed by atoms with Crippen LogP contribution in [0.2, 0.25) is 0 Å². The minimum Gasteiger partial charge on any atom is -0.394 e. The van der Waals surface area contributed by atoms with Crippen molar-refractivity contribution in [2.45, 2.75) is 32.0 Å². The van der Waals surface area contributed by atoms with Gasteiger partial charge in [-0.2, -0.15) is 13.2 Å². The van der Waals surface area contributed by atoms with E-state index in [0.29, 0.717) is 19.4 Å². The number of alkyl halides is 3. The first-order chi connectivity index (χ1) is 8.31. The van der Waals surface area contributed by atoms with Crippen LogP contribution in [0.5, 0.6) is 0 Å². The van der Waals surface area contributed by atoms with Gasteiger partial charge in [0, 0.05) is 12.6 Å². The largest absolute Gasteiger partial charge is 0.401 e. The van der Waals surface area contributed by atoms with E-state index in [1.54, 1.807) is 6.92 Å². The Bertz CT molecular complexity index is 284. The SMILES string of the molecule is CC(CO)NC(=O)C1CCCN(CC(F)(F)F)C1. The highest BCUT2D eigenvalue weighted by Crippen LogP contribution is 2.22. The molecule has 0 bridgehead atoms. The van der Waals surface area contributed by atoms with Gasteiger partial charge in [-0.3, -0.25) is 9.69 Å². The summed E-state index contributed by atoms with van der Waals surface area (Å²) in [7, 11) is 0. The van der Waals surface area contributed by atoms with Gasteiger partial charge >= 0.3 is 6.18 Å². The number of nitrogens with zero attached hydrogens (tertiary/aromatic N) is 1. The molecule has 0 aliphatic carbocycles. The molecule has 106 valence electrons. The maximum absolute atomic E-state index is 12.3. The smallest absolute Gasteiger partial charge is 0.394 e. The van der Waals surface area contributed by atoms with Crippen LogP contribution in [0, 0.1) is 5.92 Å². The van der Waals surface area contributed by atoms with Crippen LogP contribution < -0.4 is 5.32 Å². The van der Waals surface area contributed by atoms with E-state index in [0.717, 1.165) is 0 Å². The Morgan fingerprint density at radius 1 is 1.56 bits per heavy atom. The number of likely N-dealkylation sites (tertiary alicyclic amines) is 1. The van der Waals surface area contributed by atoms with Gasteiger partial charge in [0.25, 0.3) is 0 Å². The molecule has 2 unspecified atom stereocenters. The van der Waals surface area contributed by atoms with Crippen molar-refractivity contribution >= 4 is 5.91 Å². The summed E-state index contributed by atoms with van der Waals surface area (Å²) in [5.74, 6) is -0.696. The molecule has 4 nitrogen and oxygen atoms in total. The molecule has 1 rings (SSSR count). The van der Waals surface area contributed by atoms with Gasteiger partial charge in [-0.1, -0.05) is 0 Å². The number of piperidine rings is 1. The lowest BCUT2D eigenvalue weighted by Gasteiger charge is -2.32. The first kappa shape index (κ1) is 15.2. The number of aliphatic hydroxyl groups is 1. The Labute approximate surface area is 104 Å².